The van der Waals surface area contributed by atoms with E-state index >= 15 is 0 Å². The van der Waals surface area contributed by atoms with Crippen LogP contribution >= 0.6 is 22.4 Å². The van der Waals surface area contributed by atoms with Crippen molar-refractivity contribution in [1.29, 1.82) is 0 Å². The summed E-state index contributed by atoms with van der Waals surface area (Å²) in [5.41, 5.74) is 2.74. The van der Waals surface area contributed by atoms with Crippen LogP contribution in [0.25, 0.3) is 11.0 Å². The highest BCUT2D eigenvalue weighted by atomic mass is 35.7. The lowest BCUT2D eigenvalue weighted by Gasteiger charge is -2.03. The third-order valence-electron chi connectivity index (χ3n) is 2.28. The molecule has 0 aliphatic rings. The summed E-state index contributed by atoms with van der Waals surface area (Å²) in [6, 6.07) is 1.53. The summed E-state index contributed by atoms with van der Waals surface area (Å²) in [5, 5.41) is 0. The SMILES string of the molecule is Cc1cc(S(=O)(=O)Cl)c2nsnc2c1C. The number of benzene rings is 1. The fraction of sp³-hybridized carbons (Fsp3) is 0.250. The molecule has 0 aliphatic heterocycles. The molecule has 0 fully saturated rings. The summed E-state index contributed by atoms with van der Waals surface area (Å²) < 4.78 is 30.6. The molecule has 0 bridgehead atoms. The molecule has 15 heavy (non-hydrogen) atoms. The molecule has 0 N–H and O–H groups in total. The fourth-order valence-electron chi connectivity index (χ4n) is 1.34. The van der Waals surface area contributed by atoms with Gasteiger partial charge in [-0.3, -0.25) is 0 Å². The smallest absolute Gasteiger partial charge is 0.207 e. The van der Waals surface area contributed by atoms with Gasteiger partial charge in [-0.1, -0.05) is 0 Å². The van der Waals surface area contributed by atoms with Gasteiger partial charge in [-0.15, -0.1) is 0 Å². The molecule has 0 unspecified atom stereocenters. The maximum atomic E-state index is 11.3. The summed E-state index contributed by atoms with van der Waals surface area (Å²) in [6.45, 7) is 3.70. The highest BCUT2D eigenvalue weighted by Crippen LogP contribution is 2.28. The zero-order chi connectivity index (χ0) is 11.2. The Balaban J connectivity index is 2.99. The van der Waals surface area contributed by atoms with Crippen molar-refractivity contribution in [2.24, 2.45) is 0 Å². The van der Waals surface area contributed by atoms with Crippen molar-refractivity contribution in [3.63, 3.8) is 0 Å². The average molecular weight is 263 g/mol. The summed E-state index contributed by atoms with van der Waals surface area (Å²) in [4.78, 5) is 0.0380. The van der Waals surface area contributed by atoms with Gasteiger partial charge in [-0.25, -0.2) is 8.42 Å². The minimum atomic E-state index is -3.76. The second-order valence-corrected chi connectivity index (χ2v) is 6.28. The zero-order valence-corrected chi connectivity index (χ0v) is 10.4. The lowest BCUT2D eigenvalue weighted by atomic mass is 10.1. The Bertz CT molecular complexity index is 633. The summed E-state index contributed by atoms with van der Waals surface area (Å²) in [7, 11) is 1.57. The van der Waals surface area contributed by atoms with Gasteiger partial charge in [0.25, 0.3) is 9.05 Å². The Morgan fingerprint density at radius 2 is 1.87 bits per heavy atom. The van der Waals surface area contributed by atoms with E-state index in [1.54, 1.807) is 0 Å². The van der Waals surface area contributed by atoms with E-state index in [0.717, 1.165) is 22.9 Å². The van der Waals surface area contributed by atoms with Gasteiger partial charge in [-0.2, -0.15) is 8.75 Å². The number of fused-ring (bicyclic) bond motifs is 1. The van der Waals surface area contributed by atoms with E-state index in [2.05, 4.69) is 8.75 Å². The van der Waals surface area contributed by atoms with E-state index in [0.29, 0.717) is 11.0 Å². The summed E-state index contributed by atoms with van der Waals surface area (Å²) in [5.74, 6) is 0. The second kappa shape index (κ2) is 3.40. The molecule has 0 saturated heterocycles. The van der Waals surface area contributed by atoms with Gasteiger partial charge in [0.2, 0.25) is 0 Å². The average Bonchev–Trinajstić information content (AvgIpc) is 2.57. The molecule has 2 aromatic rings. The van der Waals surface area contributed by atoms with Crippen LogP contribution in [0.1, 0.15) is 11.1 Å². The third-order valence-corrected chi connectivity index (χ3v) is 4.14. The lowest BCUT2D eigenvalue weighted by Crippen LogP contribution is -1.95. The van der Waals surface area contributed by atoms with Gasteiger partial charge in [-0.05, 0) is 31.0 Å². The Labute approximate surface area is 95.6 Å². The molecule has 2 rings (SSSR count). The van der Waals surface area contributed by atoms with Crippen LogP contribution < -0.4 is 0 Å². The van der Waals surface area contributed by atoms with E-state index in [4.69, 9.17) is 10.7 Å². The standard InChI is InChI=1S/C8H7ClN2O2S2/c1-4-3-6(15(9,12)13)8-7(5(4)2)10-14-11-8/h3H,1-2H3. The van der Waals surface area contributed by atoms with Gasteiger partial charge in [0, 0.05) is 10.7 Å². The first-order valence-corrected chi connectivity index (χ1v) is 7.12. The summed E-state index contributed by atoms with van der Waals surface area (Å²) >= 11 is 0.983. The largest absolute Gasteiger partial charge is 0.263 e. The molecule has 1 aromatic carbocycles. The minimum Gasteiger partial charge on any atom is -0.207 e. The van der Waals surface area contributed by atoms with Crippen LogP contribution in [0.15, 0.2) is 11.0 Å². The first-order valence-electron chi connectivity index (χ1n) is 4.08. The van der Waals surface area contributed by atoms with E-state index in [1.165, 1.54) is 6.07 Å². The van der Waals surface area contributed by atoms with Crippen molar-refractivity contribution in [3.05, 3.63) is 17.2 Å². The number of aromatic nitrogens is 2. The first kappa shape index (κ1) is 10.8. The topological polar surface area (TPSA) is 59.9 Å². The van der Waals surface area contributed by atoms with Crippen molar-refractivity contribution >= 4 is 42.5 Å². The normalized spacial score (nSPS) is 12.2. The minimum absolute atomic E-state index is 0.0380. The maximum absolute atomic E-state index is 11.3. The number of hydrogen-bond donors (Lipinski definition) is 0. The van der Waals surface area contributed by atoms with E-state index in [9.17, 15) is 8.42 Å². The molecule has 0 atom stereocenters. The highest BCUT2D eigenvalue weighted by molar-refractivity contribution is 8.14. The fourth-order valence-corrected chi connectivity index (χ4v) is 3.06. The van der Waals surface area contributed by atoms with Crippen molar-refractivity contribution in [2.75, 3.05) is 0 Å². The predicted octanol–water partition coefficient (Wildman–Crippen LogP) is 2.24. The van der Waals surface area contributed by atoms with Crippen LogP contribution in [0, 0.1) is 13.8 Å². The molecule has 0 amide bonds. The molecular weight excluding hydrogens is 256 g/mol. The van der Waals surface area contributed by atoms with E-state index < -0.39 is 9.05 Å². The molecule has 7 heteroatoms. The van der Waals surface area contributed by atoms with Crippen LogP contribution in [0.2, 0.25) is 0 Å². The third kappa shape index (κ3) is 1.73. The molecule has 0 aliphatic carbocycles. The molecule has 80 valence electrons. The number of hydrogen-bond acceptors (Lipinski definition) is 5. The van der Waals surface area contributed by atoms with Crippen molar-refractivity contribution in [1.82, 2.24) is 8.75 Å². The molecule has 0 saturated carbocycles. The van der Waals surface area contributed by atoms with Crippen molar-refractivity contribution < 1.29 is 8.42 Å². The van der Waals surface area contributed by atoms with Crippen molar-refractivity contribution in [2.45, 2.75) is 18.7 Å². The Kier molecular flexibility index (Phi) is 2.44. The van der Waals surface area contributed by atoms with E-state index in [1.807, 2.05) is 13.8 Å². The molecular formula is C8H7ClN2O2S2. The van der Waals surface area contributed by atoms with E-state index in [-0.39, 0.29) is 4.90 Å². The number of rotatable bonds is 1. The molecule has 1 heterocycles. The molecule has 0 spiro atoms. The van der Waals surface area contributed by atoms with Gasteiger partial charge >= 0.3 is 0 Å². The quantitative estimate of drug-likeness (QED) is 0.740. The van der Waals surface area contributed by atoms with Crippen LogP contribution in [-0.2, 0) is 9.05 Å². The van der Waals surface area contributed by atoms with Gasteiger partial charge < -0.3 is 0 Å². The highest BCUT2D eigenvalue weighted by Gasteiger charge is 2.19. The lowest BCUT2D eigenvalue weighted by molar-refractivity contribution is 0.610. The second-order valence-electron chi connectivity index (χ2n) is 3.22. The van der Waals surface area contributed by atoms with Crippen LogP contribution in [0.5, 0.6) is 0 Å². The first-order chi connectivity index (χ1) is 6.91. The van der Waals surface area contributed by atoms with Crippen LogP contribution in [0.4, 0.5) is 0 Å². The predicted molar refractivity (Wildman–Crippen MR) is 59.9 cm³/mol. The Morgan fingerprint density at radius 1 is 1.27 bits per heavy atom. The molecule has 4 nitrogen and oxygen atoms in total. The zero-order valence-electron chi connectivity index (χ0n) is 7.98. The molecule has 1 aromatic heterocycles. The maximum Gasteiger partial charge on any atom is 0.263 e. The Morgan fingerprint density at radius 3 is 2.47 bits per heavy atom. The van der Waals surface area contributed by atoms with Crippen LogP contribution in [0.3, 0.4) is 0 Å². The number of halogens is 1. The number of aryl methyl sites for hydroxylation is 2. The summed E-state index contributed by atoms with van der Waals surface area (Å²) in [6.07, 6.45) is 0. The Hall–Kier alpha value is -0.720. The van der Waals surface area contributed by atoms with Gasteiger partial charge in [0.05, 0.1) is 11.7 Å². The number of nitrogens with zero attached hydrogens (tertiary/aromatic N) is 2. The van der Waals surface area contributed by atoms with Gasteiger partial charge in [0.1, 0.15) is 15.9 Å². The van der Waals surface area contributed by atoms with Gasteiger partial charge in [0.15, 0.2) is 0 Å². The van der Waals surface area contributed by atoms with Crippen molar-refractivity contribution in [3.8, 4) is 0 Å². The monoisotopic (exact) mass is 262 g/mol. The molecule has 0 radical (unpaired) electrons. The van der Waals surface area contributed by atoms with Crippen LogP contribution in [-0.4, -0.2) is 17.2 Å².